The fraction of sp³-hybridized carbons (Fsp3) is 0. The first-order chi connectivity index (χ1) is 4.21. The van der Waals surface area contributed by atoms with Gasteiger partial charge in [0, 0.05) is 0 Å². The molecule has 0 bridgehead atoms. The Labute approximate surface area is 53.7 Å². The minimum atomic E-state index is -3.66. The molecule has 0 radical (unpaired) electrons. The molecule has 5 heteroatoms. The van der Waals surface area contributed by atoms with E-state index >= 15 is 0 Å². The molecule has 0 atom stereocenters. The second-order valence-corrected chi connectivity index (χ2v) is 2.07. The van der Waals surface area contributed by atoms with E-state index < -0.39 is 10.4 Å². The third-order valence-electron chi connectivity index (χ3n) is 0.402. The lowest BCUT2D eigenvalue weighted by molar-refractivity contribution is 0.380. The fourth-order valence-electron chi connectivity index (χ4n) is 0.204. The summed E-state index contributed by atoms with van der Waals surface area (Å²) in [5.74, 6) is 0. The summed E-state index contributed by atoms with van der Waals surface area (Å²) < 4.78 is 27.7. The average Bonchev–Trinajstić information content (AvgIpc) is 2.19. The first-order valence-electron chi connectivity index (χ1n) is 1.97. The van der Waals surface area contributed by atoms with Gasteiger partial charge >= 0.3 is 10.4 Å². The number of hydrogen-bond donors (Lipinski definition) is 0. The van der Waals surface area contributed by atoms with E-state index in [0.717, 1.165) is 12.5 Å². The topological polar surface area (TPSA) is 52.6 Å². The van der Waals surface area contributed by atoms with Gasteiger partial charge in [0.25, 0.3) is 0 Å². The summed E-state index contributed by atoms with van der Waals surface area (Å²) in [5.41, 5.74) is 0. The number of rotatable bonds is 0. The van der Waals surface area contributed by atoms with Crippen molar-refractivity contribution in [3.8, 4) is 0 Å². The van der Waals surface area contributed by atoms with Gasteiger partial charge in [0.2, 0.25) is 0 Å². The SMILES string of the molecule is C=C.O=S1(=O)OC=CO1. The molecule has 9 heavy (non-hydrogen) atoms. The van der Waals surface area contributed by atoms with E-state index in [-0.39, 0.29) is 0 Å². The molecule has 0 unspecified atom stereocenters. The van der Waals surface area contributed by atoms with Crippen LogP contribution in [0.2, 0.25) is 0 Å². The van der Waals surface area contributed by atoms with Crippen LogP contribution in [0.3, 0.4) is 0 Å². The van der Waals surface area contributed by atoms with E-state index in [2.05, 4.69) is 21.5 Å². The molecule has 0 saturated heterocycles. The van der Waals surface area contributed by atoms with Gasteiger partial charge in [-0.3, -0.25) is 0 Å². The van der Waals surface area contributed by atoms with Crippen molar-refractivity contribution in [2.75, 3.05) is 0 Å². The summed E-state index contributed by atoms with van der Waals surface area (Å²) in [5, 5.41) is 0. The molecule has 52 valence electrons. The van der Waals surface area contributed by atoms with Crippen LogP contribution in [0.5, 0.6) is 0 Å². The van der Waals surface area contributed by atoms with Crippen LogP contribution >= 0.6 is 0 Å². The van der Waals surface area contributed by atoms with E-state index in [1.807, 2.05) is 0 Å². The van der Waals surface area contributed by atoms with E-state index in [9.17, 15) is 8.42 Å². The Morgan fingerprint density at radius 1 is 1.11 bits per heavy atom. The Hall–Kier alpha value is -0.970. The highest BCUT2D eigenvalue weighted by atomic mass is 32.3. The molecule has 1 aliphatic heterocycles. The van der Waals surface area contributed by atoms with Crippen LogP contribution in [-0.4, -0.2) is 8.42 Å². The molecular weight excluding hydrogens is 144 g/mol. The predicted octanol–water partition coefficient (Wildman–Crippen LogP) is 0.551. The first kappa shape index (κ1) is 8.03. The molecule has 0 aromatic heterocycles. The maximum atomic E-state index is 9.92. The Kier molecular flexibility index (Phi) is 2.80. The van der Waals surface area contributed by atoms with Gasteiger partial charge in [-0.2, -0.15) is 0 Å². The van der Waals surface area contributed by atoms with Crippen molar-refractivity contribution in [3.05, 3.63) is 25.7 Å². The van der Waals surface area contributed by atoms with E-state index in [1.165, 1.54) is 0 Å². The standard InChI is InChI=1S/C2H2O4S.C2H4/c3-7(4)5-1-2-6-7;1-2/h1-2H;1-2H2. The van der Waals surface area contributed by atoms with Crippen LogP contribution in [0.4, 0.5) is 0 Å². The molecule has 0 amide bonds. The van der Waals surface area contributed by atoms with E-state index in [1.54, 1.807) is 0 Å². The molecule has 1 heterocycles. The smallest absolute Gasteiger partial charge is 0.357 e. The zero-order valence-electron chi connectivity index (χ0n) is 4.61. The average molecular weight is 150 g/mol. The van der Waals surface area contributed by atoms with Crippen molar-refractivity contribution in [1.29, 1.82) is 0 Å². The molecule has 1 aliphatic rings. The molecule has 1 rings (SSSR count). The normalized spacial score (nSPS) is 18.7. The lowest BCUT2D eigenvalue weighted by atomic mass is 11.1. The van der Waals surface area contributed by atoms with Crippen molar-refractivity contribution >= 4 is 10.4 Å². The van der Waals surface area contributed by atoms with Crippen LogP contribution in [-0.2, 0) is 18.8 Å². The quantitative estimate of drug-likeness (QED) is 0.473. The van der Waals surface area contributed by atoms with Gasteiger partial charge < -0.3 is 8.37 Å². The third-order valence-corrected chi connectivity index (χ3v) is 1.10. The molecule has 0 spiro atoms. The van der Waals surface area contributed by atoms with Crippen LogP contribution < -0.4 is 0 Å². The second kappa shape index (κ2) is 3.13. The Bertz CT molecular complexity index is 177. The Morgan fingerprint density at radius 3 is 1.56 bits per heavy atom. The second-order valence-electron chi connectivity index (χ2n) is 0.873. The van der Waals surface area contributed by atoms with Crippen LogP contribution in [0.15, 0.2) is 25.7 Å². The van der Waals surface area contributed by atoms with Gasteiger partial charge in [-0.05, 0) is 0 Å². The largest absolute Gasteiger partial charge is 0.500 e. The molecule has 0 aromatic rings. The third kappa shape index (κ3) is 2.76. The maximum absolute atomic E-state index is 9.92. The van der Waals surface area contributed by atoms with Gasteiger partial charge in [-0.25, -0.2) is 0 Å². The van der Waals surface area contributed by atoms with Crippen LogP contribution in [0.1, 0.15) is 0 Å². The van der Waals surface area contributed by atoms with Gasteiger partial charge in [0.1, 0.15) is 12.5 Å². The molecule has 0 fully saturated rings. The van der Waals surface area contributed by atoms with Gasteiger partial charge in [-0.1, -0.05) is 0 Å². The van der Waals surface area contributed by atoms with Gasteiger partial charge in [0.05, 0.1) is 0 Å². The molecule has 0 aliphatic carbocycles. The Morgan fingerprint density at radius 2 is 1.44 bits per heavy atom. The summed E-state index contributed by atoms with van der Waals surface area (Å²) in [6, 6.07) is 0. The molecule has 0 N–H and O–H groups in total. The van der Waals surface area contributed by atoms with Crippen molar-refractivity contribution in [2.24, 2.45) is 0 Å². The van der Waals surface area contributed by atoms with Crippen molar-refractivity contribution in [3.63, 3.8) is 0 Å². The highest BCUT2D eigenvalue weighted by Crippen LogP contribution is 2.03. The lowest BCUT2D eigenvalue weighted by Gasteiger charge is -1.85. The predicted molar refractivity (Wildman–Crippen MR) is 31.5 cm³/mol. The zero-order chi connectivity index (χ0) is 7.33. The fourth-order valence-corrected chi connectivity index (χ4v) is 0.612. The van der Waals surface area contributed by atoms with Gasteiger partial charge in [0.15, 0.2) is 0 Å². The van der Waals surface area contributed by atoms with Crippen molar-refractivity contribution < 1.29 is 16.8 Å². The summed E-state index contributed by atoms with van der Waals surface area (Å²) in [4.78, 5) is 0. The minimum absolute atomic E-state index is 0.954. The zero-order valence-corrected chi connectivity index (χ0v) is 5.43. The van der Waals surface area contributed by atoms with E-state index in [0.29, 0.717) is 0 Å². The summed E-state index contributed by atoms with van der Waals surface area (Å²) in [6.45, 7) is 6.00. The van der Waals surface area contributed by atoms with Gasteiger partial charge in [-0.15, -0.1) is 21.6 Å². The monoisotopic (exact) mass is 150 g/mol. The molecule has 4 nitrogen and oxygen atoms in total. The van der Waals surface area contributed by atoms with Crippen LogP contribution in [0, 0.1) is 0 Å². The highest BCUT2D eigenvalue weighted by molar-refractivity contribution is 7.82. The summed E-state index contributed by atoms with van der Waals surface area (Å²) in [6.07, 6.45) is 1.91. The molecular formula is C4H6O4S. The van der Waals surface area contributed by atoms with Crippen molar-refractivity contribution in [1.82, 2.24) is 0 Å². The van der Waals surface area contributed by atoms with Crippen molar-refractivity contribution in [2.45, 2.75) is 0 Å². The summed E-state index contributed by atoms with van der Waals surface area (Å²) in [7, 11) is -3.66. The minimum Gasteiger partial charge on any atom is -0.357 e. The maximum Gasteiger partial charge on any atom is 0.500 e. The summed E-state index contributed by atoms with van der Waals surface area (Å²) >= 11 is 0. The van der Waals surface area contributed by atoms with E-state index in [4.69, 9.17) is 0 Å². The number of hydrogen-bond acceptors (Lipinski definition) is 4. The first-order valence-corrected chi connectivity index (χ1v) is 3.30. The van der Waals surface area contributed by atoms with Crippen LogP contribution in [0.25, 0.3) is 0 Å². The molecule has 0 saturated carbocycles. The molecule has 0 aromatic carbocycles. The highest BCUT2D eigenvalue weighted by Gasteiger charge is 2.13. The Balaban J connectivity index is 0.000000291. The lowest BCUT2D eigenvalue weighted by Crippen LogP contribution is -1.94.